The molecule has 0 heterocycles. The Kier molecular flexibility index (Phi) is 8.18. The minimum Gasteiger partial charge on any atom is -0.310 e. The van der Waals surface area contributed by atoms with Crippen LogP contribution < -0.4 is 20.2 Å². The molecule has 0 saturated carbocycles. The Labute approximate surface area is 342 Å². The molecule has 0 fully saturated rings. The summed E-state index contributed by atoms with van der Waals surface area (Å²) in [7, 11) is 0. The van der Waals surface area contributed by atoms with Crippen molar-refractivity contribution in [2.75, 3.05) is 9.80 Å². The largest absolute Gasteiger partial charge is 0.310 e. The number of benzene rings is 8. The van der Waals surface area contributed by atoms with Crippen LogP contribution in [0.2, 0.25) is 0 Å². The third-order valence-electron chi connectivity index (χ3n) is 12.7. The van der Waals surface area contributed by atoms with Crippen LogP contribution in [0.4, 0.5) is 34.1 Å². The number of para-hydroxylation sites is 2. The van der Waals surface area contributed by atoms with Gasteiger partial charge in [-0.15, -0.1) is 0 Å². The highest BCUT2D eigenvalue weighted by molar-refractivity contribution is 6.00. The van der Waals surface area contributed by atoms with Crippen molar-refractivity contribution in [2.24, 2.45) is 0 Å². The lowest BCUT2D eigenvalue weighted by Crippen LogP contribution is -2.29. The summed E-state index contributed by atoms with van der Waals surface area (Å²) in [6.45, 7) is 18.0. The van der Waals surface area contributed by atoms with Crippen molar-refractivity contribution in [3.63, 3.8) is 0 Å². The second-order valence-electron chi connectivity index (χ2n) is 16.7. The topological polar surface area (TPSA) is 6.48 Å². The van der Waals surface area contributed by atoms with Crippen LogP contribution in [0.1, 0.15) is 49.9 Å². The molecule has 8 aromatic carbocycles. The van der Waals surface area contributed by atoms with Crippen LogP contribution in [-0.2, 0) is 10.8 Å². The van der Waals surface area contributed by atoms with Crippen molar-refractivity contribution in [1.29, 1.82) is 0 Å². The van der Waals surface area contributed by atoms with E-state index in [0.717, 1.165) is 38.9 Å². The first-order valence-electron chi connectivity index (χ1n) is 20.2. The van der Waals surface area contributed by atoms with E-state index in [1.54, 1.807) is 0 Å². The molecule has 0 atom stereocenters. The van der Waals surface area contributed by atoms with Gasteiger partial charge in [0.15, 0.2) is 0 Å². The predicted octanol–water partition coefficient (Wildman–Crippen LogP) is 13.8. The van der Waals surface area contributed by atoms with Crippen molar-refractivity contribution >= 4 is 57.6 Å². The fourth-order valence-electron chi connectivity index (χ4n) is 9.73. The molecule has 0 aromatic heterocycles. The summed E-state index contributed by atoms with van der Waals surface area (Å²) in [5, 5.41) is 4.50. The summed E-state index contributed by atoms with van der Waals surface area (Å²) >= 11 is 0. The van der Waals surface area contributed by atoms with E-state index >= 15 is 0 Å². The third-order valence-corrected chi connectivity index (χ3v) is 12.7. The van der Waals surface area contributed by atoms with Gasteiger partial charge >= 0.3 is 0 Å². The zero-order valence-corrected chi connectivity index (χ0v) is 33.6. The first kappa shape index (κ1) is 35.5. The minimum atomic E-state index is -0.215. The van der Waals surface area contributed by atoms with Gasteiger partial charge in [-0.25, -0.2) is 0 Å². The monoisotopic (exact) mass is 746 g/mol. The second kappa shape index (κ2) is 13.4. The third kappa shape index (κ3) is 5.40. The number of hydrogen-bond acceptors (Lipinski definition) is 2. The first-order valence-corrected chi connectivity index (χ1v) is 20.2. The van der Waals surface area contributed by atoms with Gasteiger partial charge in [-0.1, -0.05) is 150 Å². The van der Waals surface area contributed by atoms with E-state index in [1.807, 2.05) is 6.08 Å². The highest BCUT2D eigenvalue weighted by Crippen LogP contribution is 2.57. The van der Waals surface area contributed by atoms with E-state index in [9.17, 15) is 0 Å². The Balaban J connectivity index is 1.09. The van der Waals surface area contributed by atoms with Gasteiger partial charge in [-0.3, -0.25) is 0 Å². The van der Waals surface area contributed by atoms with Crippen LogP contribution in [0.5, 0.6) is 0 Å². The first-order chi connectivity index (χ1) is 28.2. The molecule has 0 spiro atoms. The SMILES string of the molecule is C=C/C=c1/c(N(c2ccccc2)c2ccc3c(c2)C(C)(C)c2cc4c(cc2-3)C(C)(C)c2cc(N(c3ccccc3)c3cccc5ccccc35)ccc2-4)cccc1=C. The molecule has 2 heteroatoms. The standard InChI is InChI=1S/C56H46N2/c1-7-18-43-37(2)19-16-27-53(43)57(39-22-10-8-11-23-39)41-29-31-45-47-35-52-48(36-51(47)55(3,4)49(45)33-41)46-32-30-42(34-50(46)56(52,5)6)58(40-24-12-9-13-25-40)54-28-17-21-38-20-14-15-26-44(38)54/h7-36H,1-2H2,3-6H3/b43-18+. The molecular weight excluding hydrogens is 701 g/mol. The Hall–Kier alpha value is -6.90. The lowest BCUT2D eigenvalue weighted by Gasteiger charge is -2.29. The van der Waals surface area contributed by atoms with E-state index in [4.69, 9.17) is 0 Å². The van der Waals surface area contributed by atoms with Crippen LogP contribution in [-0.4, -0.2) is 0 Å². The van der Waals surface area contributed by atoms with Crippen molar-refractivity contribution in [3.05, 3.63) is 215 Å². The van der Waals surface area contributed by atoms with Gasteiger partial charge in [0.05, 0.1) is 11.4 Å². The number of hydrogen-bond donors (Lipinski definition) is 0. The van der Waals surface area contributed by atoms with Gasteiger partial charge in [-0.2, -0.15) is 0 Å². The molecule has 0 bridgehead atoms. The molecular formula is C56H46N2. The van der Waals surface area contributed by atoms with Crippen molar-refractivity contribution in [2.45, 2.75) is 38.5 Å². The fraction of sp³-hybridized carbons (Fsp3) is 0.107. The number of fused-ring (bicyclic) bond motifs is 7. The minimum absolute atomic E-state index is 0.203. The zero-order valence-electron chi connectivity index (χ0n) is 33.6. The quantitative estimate of drug-likeness (QED) is 0.160. The van der Waals surface area contributed by atoms with Gasteiger partial charge in [-0.05, 0) is 128 Å². The Bertz CT molecular complexity index is 3040. The van der Waals surface area contributed by atoms with Crippen LogP contribution in [0.25, 0.3) is 45.7 Å². The van der Waals surface area contributed by atoms with Crippen molar-refractivity contribution < 1.29 is 0 Å². The number of nitrogens with zero attached hydrogens (tertiary/aromatic N) is 2. The van der Waals surface area contributed by atoms with Crippen LogP contribution >= 0.6 is 0 Å². The molecule has 10 rings (SSSR count). The number of rotatable bonds is 7. The molecule has 0 amide bonds. The fourth-order valence-corrected chi connectivity index (χ4v) is 9.73. The Morgan fingerprint density at radius 2 is 0.897 bits per heavy atom. The lowest BCUT2D eigenvalue weighted by molar-refractivity contribution is 0.652. The highest BCUT2D eigenvalue weighted by atomic mass is 15.1. The number of anilines is 6. The average Bonchev–Trinajstić information content (AvgIpc) is 3.60. The summed E-state index contributed by atoms with van der Waals surface area (Å²) in [4.78, 5) is 4.78. The summed E-state index contributed by atoms with van der Waals surface area (Å²) < 4.78 is 0. The summed E-state index contributed by atoms with van der Waals surface area (Å²) in [5.41, 5.74) is 17.1. The Morgan fingerprint density at radius 1 is 0.431 bits per heavy atom. The molecule has 2 aliphatic rings. The normalized spacial score (nSPS) is 14.4. The van der Waals surface area contributed by atoms with Crippen LogP contribution in [0, 0.1) is 0 Å². The average molecular weight is 747 g/mol. The van der Waals surface area contributed by atoms with Crippen LogP contribution in [0.3, 0.4) is 0 Å². The maximum absolute atomic E-state index is 4.38. The maximum Gasteiger partial charge on any atom is 0.0540 e. The zero-order chi connectivity index (χ0) is 39.8. The molecule has 2 nitrogen and oxygen atoms in total. The summed E-state index contributed by atoms with van der Waals surface area (Å²) in [5.74, 6) is 0. The molecule has 0 unspecified atom stereocenters. The molecule has 0 aliphatic heterocycles. The van der Waals surface area contributed by atoms with Crippen LogP contribution in [0.15, 0.2) is 183 Å². The summed E-state index contributed by atoms with van der Waals surface area (Å²) in [6.07, 6.45) is 3.91. The van der Waals surface area contributed by atoms with Gasteiger partial charge in [0, 0.05) is 44.2 Å². The summed E-state index contributed by atoms with van der Waals surface area (Å²) in [6, 6.07) is 62.2. The molecule has 58 heavy (non-hydrogen) atoms. The molecule has 2 aliphatic carbocycles. The lowest BCUT2D eigenvalue weighted by atomic mass is 9.79. The number of allylic oxidation sites excluding steroid dienone is 1. The molecule has 0 radical (unpaired) electrons. The highest BCUT2D eigenvalue weighted by Gasteiger charge is 2.42. The van der Waals surface area contributed by atoms with Crippen molar-refractivity contribution in [3.8, 4) is 22.3 Å². The Morgan fingerprint density at radius 3 is 1.47 bits per heavy atom. The molecule has 8 aromatic rings. The van der Waals surface area contributed by atoms with Gasteiger partial charge in [0.1, 0.15) is 0 Å². The van der Waals surface area contributed by atoms with Gasteiger partial charge < -0.3 is 9.80 Å². The smallest absolute Gasteiger partial charge is 0.0540 e. The predicted molar refractivity (Wildman–Crippen MR) is 248 cm³/mol. The van der Waals surface area contributed by atoms with Gasteiger partial charge in [0.2, 0.25) is 0 Å². The van der Waals surface area contributed by atoms with E-state index in [-0.39, 0.29) is 10.8 Å². The van der Waals surface area contributed by atoms with Gasteiger partial charge in [0.25, 0.3) is 0 Å². The molecule has 0 saturated heterocycles. The van der Waals surface area contributed by atoms with E-state index < -0.39 is 0 Å². The second-order valence-corrected chi connectivity index (χ2v) is 16.7. The van der Waals surface area contributed by atoms with E-state index in [1.165, 1.54) is 61.0 Å². The maximum atomic E-state index is 4.38. The molecule has 280 valence electrons. The molecule has 0 N–H and O–H groups in total. The van der Waals surface area contributed by atoms with Crippen molar-refractivity contribution in [1.82, 2.24) is 0 Å². The van der Waals surface area contributed by atoms with E-state index in [0.29, 0.717) is 0 Å². The van der Waals surface area contributed by atoms with E-state index in [2.05, 4.69) is 227 Å².